The summed E-state index contributed by atoms with van der Waals surface area (Å²) in [4.78, 5) is 29.1. The lowest BCUT2D eigenvalue weighted by Gasteiger charge is -2.41. The molecule has 0 saturated carbocycles. The second-order valence-electron chi connectivity index (χ2n) is 4.46. The van der Waals surface area contributed by atoms with Gasteiger partial charge in [-0.3, -0.25) is 14.5 Å². The van der Waals surface area contributed by atoms with E-state index >= 15 is 0 Å². The van der Waals surface area contributed by atoms with Crippen LogP contribution in [0.3, 0.4) is 0 Å². The van der Waals surface area contributed by atoms with E-state index < -0.39 is 0 Å². The Kier molecular flexibility index (Phi) is 2.22. The molecule has 0 aromatic rings. The number of amides is 2. The molecule has 0 aromatic heterocycles. The molecule has 2 fully saturated rings. The molecule has 3 atom stereocenters. The largest absolute Gasteiger partial charge is 0.341 e. The minimum Gasteiger partial charge on any atom is -0.341 e. The van der Waals surface area contributed by atoms with Gasteiger partial charge in [0.25, 0.3) is 0 Å². The van der Waals surface area contributed by atoms with Gasteiger partial charge in [0.15, 0.2) is 0 Å². The Labute approximate surface area is 89.6 Å². The SMILES string of the molecule is CC1C(=O)N2C(C)C(=O)N(C)CC2N1C. The Morgan fingerprint density at radius 1 is 1.07 bits per heavy atom. The molecular formula is C10H17N3O2. The summed E-state index contributed by atoms with van der Waals surface area (Å²) in [6.07, 6.45) is 0.0465. The van der Waals surface area contributed by atoms with E-state index in [1.807, 2.05) is 18.9 Å². The summed E-state index contributed by atoms with van der Waals surface area (Å²) >= 11 is 0. The van der Waals surface area contributed by atoms with E-state index in [9.17, 15) is 9.59 Å². The standard InChI is InChI=1S/C10H17N3O2/c1-6-10(15)13-7(2)9(14)11(3)5-8(13)12(6)4/h6-8H,5H2,1-4H3. The molecule has 2 aliphatic heterocycles. The fourth-order valence-electron chi connectivity index (χ4n) is 2.43. The predicted molar refractivity (Wildman–Crippen MR) is 55.0 cm³/mol. The van der Waals surface area contributed by atoms with E-state index in [4.69, 9.17) is 0 Å². The first-order valence-corrected chi connectivity index (χ1v) is 5.24. The molecule has 0 aromatic carbocycles. The maximum atomic E-state index is 11.9. The molecule has 2 aliphatic rings. The highest BCUT2D eigenvalue weighted by atomic mass is 16.2. The molecule has 15 heavy (non-hydrogen) atoms. The van der Waals surface area contributed by atoms with Crippen molar-refractivity contribution >= 4 is 11.8 Å². The number of hydrogen-bond donors (Lipinski definition) is 0. The van der Waals surface area contributed by atoms with E-state index in [0.29, 0.717) is 6.54 Å². The van der Waals surface area contributed by atoms with Gasteiger partial charge in [-0.25, -0.2) is 0 Å². The van der Waals surface area contributed by atoms with Crippen molar-refractivity contribution in [2.75, 3.05) is 20.6 Å². The highest BCUT2D eigenvalue weighted by Crippen LogP contribution is 2.27. The van der Waals surface area contributed by atoms with Gasteiger partial charge < -0.3 is 9.80 Å². The number of carbonyl (C=O) groups is 2. The number of fused-ring (bicyclic) bond motifs is 1. The van der Waals surface area contributed by atoms with E-state index in [1.54, 1.807) is 23.8 Å². The molecule has 0 bridgehead atoms. The summed E-state index contributed by atoms with van der Waals surface area (Å²) in [6, 6.07) is -0.439. The average Bonchev–Trinajstić information content (AvgIpc) is 2.40. The zero-order valence-electron chi connectivity index (χ0n) is 9.60. The molecule has 0 aliphatic carbocycles. The first-order valence-electron chi connectivity index (χ1n) is 5.24. The number of piperazine rings is 1. The van der Waals surface area contributed by atoms with Crippen LogP contribution < -0.4 is 0 Å². The molecular weight excluding hydrogens is 194 g/mol. The van der Waals surface area contributed by atoms with E-state index in [-0.39, 0.29) is 30.1 Å². The summed E-state index contributed by atoms with van der Waals surface area (Å²) in [6.45, 7) is 4.29. The molecule has 0 radical (unpaired) electrons. The zero-order valence-corrected chi connectivity index (χ0v) is 9.60. The maximum absolute atomic E-state index is 11.9. The van der Waals surface area contributed by atoms with Crippen molar-refractivity contribution < 1.29 is 9.59 Å². The van der Waals surface area contributed by atoms with Crippen LogP contribution in [-0.2, 0) is 9.59 Å². The van der Waals surface area contributed by atoms with Crippen LogP contribution in [0.15, 0.2) is 0 Å². The van der Waals surface area contributed by atoms with Gasteiger partial charge in [-0.2, -0.15) is 0 Å². The average molecular weight is 211 g/mol. The summed E-state index contributed by atoms with van der Waals surface area (Å²) in [5.74, 6) is 0.0959. The highest BCUT2D eigenvalue weighted by Gasteiger charge is 2.49. The van der Waals surface area contributed by atoms with Crippen LogP contribution in [0.25, 0.3) is 0 Å². The van der Waals surface area contributed by atoms with E-state index in [1.165, 1.54) is 0 Å². The second-order valence-corrected chi connectivity index (χ2v) is 4.46. The van der Waals surface area contributed by atoms with Crippen molar-refractivity contribution in [2.24, 2.45) is 0 Å². The van der Waals surface area contributed by atoms with Crippen LogP contribution in [0, 0.1) is 0 Å². The summed E-state index contributed by atoms with van der Waals surface area (Å²) in [7, 11) is 3.72. The number of carbonyl (C=O) groups excluding carboxylic acids is 2. The van der Waals surface area contributed by atoms with Crippen molar-refractivity contribution in [3.63, 3.8) is 0 Å². The fraction of sp³-hybridized carbons (Fsp3) is 0.800. The third-order valence-corrected chi connectivity index (χ3v) is 3.60. The summed E-state index contributed by atoms with van der Waals surface area (Å²) in [5.41, 5.74) is 0. The van der Waals surface area contributed by atoms with Crippen LogP contribution >= 0.6 is 0 Å². The van der Waals surface area contributed by atoms with Gasteiger partial charge in [0.05, 0.1) is 12.6 Å². The monoisotopic (exact) mass is 211 g/mol. The number of rotatable bonds is 0. The molecule has 5 heteroatoms. The van der Waals surface area contributed by atoms with Gasteiger partial charge in [-0.1, -0.05) is 0 Å². The Bertz CT molecular complexity index is 318. The Hall–Kier alpha value is -1.10. The molecule has 2 amide bonds. The van der Waals surface area contributed by atoms with Crippen LogP contribution in [0.4, 0.5) is 0 Å². The summed E-state index contributed by atoms with van der Waals surface area (Å²) < 4.78 is 0. The molecule has 3 unspecified atom stereocenters. The Morgan fingerprint density at radius 2 is 1.67 bits per heavy atom. The van der Waals surface area contributed by atoms with Crippen molar-refractivity contribution in [3.8, 4) is 0 Å². The molecule has 2 rings (SSSR count). The van der Waals surface area contributed by atoms with Crippen LogP contribution in [-0.4, -0.2) is 65.4 Å². The Balaban J connectivity index is 2.32. The highest BCUT2D eigenvalue weighted by molar-refractivity contribution is 5.92. The normalized spacial score (nSPS) is 37.5. The molecule has 84 valence electrons. The summed E-state index contributed by atoms with van der Waals surface area (Å²) in [5, 5.41) is 0. The van der Waals surface area contributed by atoms with Crippen molar-refractivity contribution in [3.05, 3.63) is 0 Å². The minimum atomic E-state index is -0.325. The van der Waals surface area contributed by atoms with Gasteiger partial charge in [0.1, 0.15) is 12.2 Å². The first-order chi connectivity index (χ1) is 6.95. The second kappa shape index (κ2) is 3.20. The van der Waals surface area contributed by atoms with Gasteiger partial charge >= 0.3 is 0 Å². The third-order valence-electron chi connectivity index (χ3n) is 3.60. The first kappa shape index (κ1) is 10.4. The molecule has 5 nitrogen and oxygen atoms in total. The quantitative estimate of drug-likeness (QED) is 0.534. The molecule has 0 N–H and O–H groups in total. The number of likely N-dealkylation sites (N-methyl/N-ethyl adjacent to an activating group) is 2. The van der Waals surface area contributed by atoms with Crippen LogP contribution in [0.5, 0.6) is 0 Å². The molecule has 2 saturated heterocycles. The molecule has 2 heterocycles. The zero-order chi connectivity index (χ0) is 11.3. The molecule has 0 spiro atoms. The minimum absolute atomic E-state index is 0.0297. The van der Waals surface area contributed by atoms with E-state index in [2.05, 4.69) is 0 Å². The van der Waals surface area contributed by atoms with Gasteiger partial charge in [0, 0.05) is 7.05 Å². The van der Waals surface area contributed by atoms with Gasteiger partial charge in [-0.05, 0) is 20.9 Å². The van der Waals surface area contributed by atoms with Crippen LogP contribution in [0.1, 0.15) is 13.8 Å². The number of nitrogens with zero attached hydrogens (tertiary/aromatic N) is 3. The third kappa shape index (κ3) is 1.26. The van der Waals surface area contributed by atoms with Gasteiger partial charge in [0.2, 0.25) is 11.8 Å². The maximum Gasteiger partial charge on any atom is 0.245 e. The lowest BCUT2D eigenvalue weighted by atomic mass is 10.1. The lowest BCUT2D eigenvalue weighted by Crippen LogP contribution is -2.60. The Morgan fingerprint density at radius 3 is 2.27 bits per heavy atom. The van der Waals surface area contributed by atoms with Gasteiger partial charge in [-0.15, -0.1) is 0 Å². The van der Waals surface area contributed by atoms with E-state index in [0.717, 1.165) is 0 Å². The van der Waals surface area contributed by atoms with Crippen LogP contribution in [0.2, 0.25) is 0 Å². The number of hydrogen-bond acceptors (Lipinski definition) is 3. The smallest absolute Gasteiger partial charge is 0.245 e. The van der Waals surface area contributed by atoms with Crippen molar-refractivity contribution in [1.82, 2.24) is 14.7 Å². The van der Waals surface area contributed by atoms with Crippen molar-refractivity contribution in [1.29, 1.82) is 0 Å². The predicted octanol–water partition coefficient (Wildman–Crippen LogP) is -0.664. The lowest BCUT2D eigenvalue weighted by molar-refractivity contribution is -0.150. The topological polar surface area (TPSA) is 43.9 Å². The fourth-order valence-corrected chi connectivity index (χ4v) is 2.43. The van der Waals surface area contributed by atoms with Crippen molar-refractivity contribution in [2.45, 2.75) is 32.1 Å².